The molecule has 0 fully saturated rings. The first kappa shape index (κ1) is 22.0. The zero-order valence-corrected chi connectivity index (χ0v) is 22.5. The summed E-state index contributed by atoms with van der Waals surface area (Å²) in [6, 6.07) is 33.8. The second-order valence-corrected chi connectivity index (χ2v) is 12.6. The molecular formula is C36H32N2. The molecule has 0 amide bonds. The highest BCUT2D eigenvalue weighted by Crippen LogP contribution is 2.49. The van der Waals surface area contributed by atoms with Crippen molar-refractivity contribution in [2.45, 2.75) is 51.4 Å². The van der Waals surface area contributed by atoms with Crippen LogP contribution in [0, 0.1) is 0 Å². The number of nitrogens with zero attached hydrogens (tertiary/aromatic N) is 1. The molecule has 8 rings (SSSR count). The van der Waals surface area contributed by atoms with Crippen LogP contribution in [0.15, 0.2) is 91.0 Å². The van der Waals surface area contributed by atoms with Gasteiger partial charge < -0.3 is 9.55 Å². The van der Waals surface area contributed by atoms with Gasteiger partial charge in [-0.05, 0) is 82.0 Å². The fourth-order valence-electron chi connectivity index (χ4n) is 7.15. The Labute approximate surface area is 222 Å². The lowest BCUT2D eigenvalue weighted by atomic mass is 9.63. The summed E-state index contributed by atoms with van der Waals surface area (Å²) in [5, 5.41) is 7.87. The monoisotopic (exact) mass is 492 g/mol. The Bertz CT molecular complexity index is 2070. The van der Waals surface area contributed by atoms with Gasteiger partial charge in [0.25, 0.3) is 0 Å². The Balaban J connectivity index is 1.58. The minimum atomic E-state index is 0.186. The number of benzene rings is 5. The van der Waals surface area contributed by atoms with Crippen molar-refractivity contribution in [3.05, 3.63) is 102 Å². The second-order valence-electron chi connectivity index (χ2n) is 12.6. The maximum Gasteiger partial charge on any atom is 0.0566 e. The van der Waals surface area contributed by atoms with E-state index in [1.807, 2.05) is 0 Å². The van der Waals surface area contributed by atoms with Gasteiger partial charge in [-0.25, -0.2) is 0 Å². The summed E-state index contributed by atoms with van der Waals surface area (Å²) in [7, 11) is 0. The van der Waals surface area contributed by atoms with Crippen LogP contribution in [0.4, 0.5) is 0 Å². The lowest BCUT2D eigenvalue weighted by molar-refractivity contribution is 0.332. The number of para-hydroxylation sites is 1. The summed E-state index contributed by atoms with van der Waals surface area (Å²) in [5.74, 6) is 0. The first-order chi connectivity index (χ1) is 18.3. The highest BCUT2D eigenvalue weighted by atomic mass is 15.0. The third-order valence-electron chi connectivity index (χ3n) is 9.38. The fraction of sp³-hybridized carbons (Fsp3) is 0.222. The van der Waals surface area contributed by atoms with Gasteiger partial charge in [-0.2, -0.15) is 0 Å². The van der Waals surface area contributed by atoms with Crippen molar-refractivity contribution in [2.24, 2.45) is 0 Å². The van der Waals surface area contributed by atoms with Gasteiger partial charge in [-0.1, -0.05) is 82.3 Å². The summed E-state index contributed by atoms with van der Waals surface area (Å²) >= 11 is 0. The van der Waals surface area contributed by atoms with E-state index in [0.717, 1.165) is 0 Å². The largest absolute Gasteiger partial charge is 0.354 e. The van der Waals surface area contributed by atoms with Gasteiger partial charge in [0.15, 0.2) is 0 Å². The van der Waals surface area contributed by atoms with Gasteiger partial charge >= 0.3 is 0 Å². The van der Waals surface area contributed by atoms with Crippen molar-refractivity contribution in [3.8, 4) is 5.69 Å². The summed E-state index contributed by atoms with van der Waals surface area (Å²) in [4.78, 5) is 3.94. The maximum absolute atomic E-state index is 3.94. The molecule has 0 atom stereocenters. The maximum atomic E-state index is 3.94. The van der Waals surface area contributed by atoms with Crippen LogP contribution in [-0.2, 0) is 10.8 Å². The van der Waals surface area contributed by atoms with Crippen molar-refractivity contribution < 1.29 is 0 Å². The summed E-state index contributed by atoms with van der Waals surface area (Å²) in [5.41, 5.74) is 9.56. The Morgan fingerprint density at radius 3 is 2.05 bits per heavy atom. The first-order valence-electron chi connectivity index (χ1n) is 13.8. The highest BCUT2D eigenvalue weighted by Gasteiger charge is 2.37. The Hall–Kier alpha value is -4.04. The molecule has 0 aliphatic heterocycles. The van der Waals surface area contributed by atoms with Crippen molar-refractivity contribution >= 4 is 54.4 Å². The molecule has 1 N–H and O–H groups in total. The van der Waals surface area contributed by atoms with E-state index in [4.69, 9.17) is 0 Å². The SMILES string of the molecule is CC1(C)CCC(C)(C)c2cc3c(cc21)[nH]c1c3ccc2c1c1c3ccccc3ccc1n2-c1ccccc1. The van der Waals surface area contributed by atoms with Crippen LogP contribution < -0.4 is 0 Å². The molecule has 0 unspecified atom stereocenters. The van der Waals surface area contributed by atoms with Crippen LogP contribution in [-0.4, -0.2) is 9.55 Å². The van der Waals surface area contributed by atoms with Crippen molar-refractivity contribution in [1.29, 1.82) is 0 Å². The third-order valence-corrected chi connectivity index (χ3v) is 9.38. The number of rotatable bonds is 1. The molecular weight excluding hydrogens is 460 g/mol. The molecule has 1 aliphatic carbocycles. The normalized spacial score (nSPS) is 16.6. The quantitative estimate of drug-likeness (QED) is 0.235. The predicted octanol–water partition coefficient (Wildman–Crippen LogP) is 9.92. The Morgan fingerprint density at radius 2 is 1.26 bits per heavy atom. The zero-order chi connectivity index (χ0) is 25.8. The number of H-pyrrole nitrogens is 1. The van der Waals surface area contributed by atoms with E-state index in [1.54, 1.807) is 0 Å². The standard InChI is InChI=1S/C36H32N2/c1-35(2)18-19-36(3,4)28-21-29-26(20-27(28)35)25-15-17-31-33(34(25)37-29)32-24-13-9-8-10-22(24)14-16-30(32)38(31)23-11-6-5-7-12-23/h5-17,20-21,37H,18-19H2,1-4H3. The lowest BCUT2D eigenvalue weighted by Crippen LogP contribution is -2.33. The van der Waals surface area contributed by atoms with Crippen LogP contribution in [0.25, 0.3) is 60.1 Å². The van der Waals surface area contributed by atoms with E-state index in [-0.39, 0.29) is 10.8 Å². The Kier molecular flexibility index (Phi) is 4.22. The molecule has 0 radical (unpaired) electrons. The lowest BCUT2D eigenvalue weighted by Gasteiger charge is -2.41. The van der Waals surface area contributed by atoms with Crippen molar-refractivity contribution in [2.75, 3.05) is 0 Å². The number of aromatic amines is 1. The molecule has 1 aliphatic rings. The molecule has 5 aromatic carbocycles. The smallest absolute Gasteiger partial charge is 0.0566 e. The molecule has 0 bridgehead atoms. The number of hydrogen-bond acceptors (Lipinski definition) is 0. The summed E-state index contributed by atoms with van der Waals surface area (Å²) in [6.07, 6.45) is 2.45. The molecule has 2 heterocycles. The van der Waals surface area contributed by atoms with Crippen LogP contribution in [0.1, 0.15) is 51.7 Å². The van der Waals surface area contributed by atoms with Crippen LogP contribution in [0.2, 0.25) is 0 Å². The number of hydrogen-bond donors (Lipinski definition) is 1. The zero-order valence-electron chi connectivity index (χ0n) is 22.5. The van der Waals surface area contributed by atoms with Gasteiger partial charge in [0, 0.05) is 32.7 Å². The fourth-order valence-corrected chi connectivity index (χ4v) is 7.15. The van der Waals surface area contributed by atoms with Crippen LogP contribution >= 0.6 is 0 Å². The molecule has 0 spiro atoms. The first-order valence-corrected chi connectivity index (χ1v) is 13.8. The average Bonchev–Trinajstić information content (AvgIpc) is 3.46. The molecule has 0 saturated heterocycles. The highest BCUT2D eigenvalue weighted by molar-refractivity contribution is 6.30. The topological polar surface area (TPSA) is 20.7 Å². The average molecular weight is 493 g/mol. The molecule has 2 heteroatoms. The minimum absolute atomic E-state index is 0.186. The van der Waals surface area contributed by atoms with Gasteiger partial charge in [0.2, 0.25) is 0 Å². The summed E-state index contributed by atoms with van der Waals surface area (Å²) in [6.45, 7) is 9.65. The van der Waals surface area contributed by atoms with E-state index in [2.05, 4.69) is 128 Å². The van der Waals surface area contributed by atoms with Gasteiger partial charge in [-0.3, -0.25) is 0 Å². The number of aromatic nitrogens is 2. The van der Waals surface area contributed by atoms with Crippen molar-refractivity contribution in [3.63, 3.8) is 0 Å². The van der Waals surface area contributed by atoms with Gasteiger partial charge in [0.05, 0.1) is 16.6 Å². The van der Waals surface area contributed by atoms with Crippen molar-refractivity contribution in [1.82, 2.24) is 9.55 Å². The molecule has 2 aromatic heterocycles. The molecule has 38 heavy (non-hydrogen) atoms. The van der Waals surface area contributed by atoms with Gasteiger partial charge in [0.1, 0.15) is 0 Å². The van der Waals surface area contributed by atoms with Gasteiger partial charge in [-0.15, -0.1) is 0 Å². The molecule has 7 aromatic rings. The van der Waals surface area contributed by atoms with E-state index < -0.39 is 0 Å². The molecule has 0 saturated carbocycles. The van der Waals surface area contributed by atoms with E-state index in [9.17, 15) is 0 Å². The Morgan fingerprint density at radius 1 is 0.605 bits per heavy atom. The summed E-state index contributed by atoms with van der Waals surface area (Å²) < 4.78 is 2.43. The van der Waals surface area contributed by atoms with Crippen LogP contribution in [0.5, 0.6) is 0 Å². The van der Waals surface area contributed by atoms with E-state index in [1.165, 1.54) is 84.0 Å². The number of fused-ring (bicyclic) bond motifs is 10. The van der Waals surface area contributed by atoms with E-state index >= 15 is 0 Å². The minimum Gasteiger partial charge on any atom is -0.354 e. The van der Waals surface area contributed by atoms with E-state index in [0.29, 0.717) is 0 Å². The molecule has 2 nitrogen and oxygen atoms in total. The third kappa shape index (κ3) is 2.83. The second kappa shape index (κ2) is 7.29. The number of nitrogens with one attached hydrogen (secondary N) is 1. The van der Waals surface area contributed by atoms with Crippen LogP contribution in [0.3, 0.4) is 0 Å². The predicted molar refractivity (Wildman–Crippen MR) is 163 cm³/mol. The molecule has 186 valence electrons.